The second-order valence-electron chi connectivity index (χ2n) is 3.73. The Kier molecular flexibility index (Phi) is 3.49. The molecule has 2 N–H and O–H groups in total. The zero-order chi connectivity index (χ0) is 10.7. The number of hydrogen-bond acceptors (Lipinski definition) is 3. The lowest BCUT2D eigenvalue weighted by Crippen LogP contribution is -2.02. The molecule has 1 unspecified atom stereocenters. The molecule has 2 nitrogen and oxygen atoms in total. The number of nitrogens with two attached hydrogens (primary N) is 1. The third-order valence-corrected chi connectivity index (χ3v) is 3.73. The Balaban J connectivity index is 1.92. The summed E-state index contributed by atoms with van der Waals surface area (Å²) in [5.74, 6) is 1.26. The largest absolute Gasteiger partial charge is 0.399 e. The number of halogens is 1. The van der Waals surface area contributed by atoms with Crippen molar-refractivity contribution in [1.82, 2.24) is 0 Å². The summed E-state index contributed by atoms with van der Waals surface area (Å²) in [5.41, 5.74) is 5.95. The lowest BCUT2D eigenvalue weighted by atomic mass is 10.2. The summed E-state index contributed by atoms with van der Waals surface area (Å²) in [5, 5.41) is 0. The van der Waals surface area contributed by atoms with Gasteiger partial charge in [0.1, 0.15) is 5.82 Å². The number of thioether (sulfide) groups is 1. The first-order valence-electron chi connectivity index (χ1n) is 5.01. The first kappa shape index (κ1) is 10.8. The highest BCUT2D eigenvalue weighted by Gasteiger charge is 2.16. The van der Waals surface area contributed by atoms with Gasteiger partial charge in [0.25, 0.3) is 0 Å². The summed E-state index contributed by atoms with van der Waals surface area (Å²) in [6, 6.07) is 4.84. The fourth-order valence-electron chi connectivity index (χ4n) is 1.56. The van der Waals surface area contributed by atoms with Crippen LogP contribution in [0.25, 0.3) is 0 Å². The highest BCUT2D eigenvalue weighted by molar-refractivity contribution is 7.99. The average Bonchev–Trinajstić information content (AvgIpc) is 2.69. The zero-order valence-electron chi connectivity index (χ0n) is 8.41. The summed E-state index contributed by atoms with van der Waals surface area (Å²) in [7, 11) is 0. The molecule has 1 heterocycles. The van der Waals surface area contributed by atoms with E-state index in [9.17, 15) is 4.39 Å². The van der Waals surface area contributed by atoms with Gasteiger partial charge in [-0.05, 0) is 30.5 Å². The van der Waals surface area contributed by atoms with Crippen LogP contribution >= 0.6 is 11.8 Å². The van der Waals surface area contributed by atoms with Crippen molar-refractivity contribution in [2.45, 2.75) is 11.3 Å². The van der Waals surface area contributed by atoms with Gasteiger partial charge in [0, 0.05) is 22.9 Å². The number of benzene rings is 1. The Morgan fingerprint density at radius 3 is 3.07 bits per heavy atom. The molecule has 1 atom stereocenters. The Bertz CT molecular complexity index is 339. The minimum absolute atomic E-state index is 0.223. The Morgan fingerprint density at radius 1 is 1.53 bits per heavy atom. The van der Waals surface area contributed by atoms with Crippen molar-refractivity contribution in [3.63, 3.8) is 0 Å². The molecule has 0 spiro atoms. The Morgan fingerprint density at radius 2 is 2.40 bits per heavy atom. The molecule has 0 saturated carbocycles. The van der Waals surface area contributed by atoms with E-state index < -0.39 is 0 Å². The van der Waals surface area contributed by atoms with Crippen LogP contribution in [-0.4, -0.2) is 19.0 Å². The van der Waals surface area contributed by atoms with E-state index in [-0.39, 0.29) is 5.82 Å². The van der Waals surface area contributed by atoms with Gasteiger partial charge in [-0.1, -0.05) is 0 Å². The van der Waals surface area contributed by atoms with Crippen LogP contribution < -0.4 is 5.73 Å². The highest BCUT2D eigenvalue weighted by Crippen LogP contribution is 2.27. The molecule has 1 saturated heterocycles. The van der Waals surface area contributed by atoms with Gasteiger partial charge < -0.3 is 10.5 Å². The fraction of sp³-hybridized carbons (Fsp3) is 0.455. The molecule has 0 aliphatic carbocycles. The van der Waals surface area contributed by atoms with Gasteiger partial charge in [-0.25, -0.2) is 4.39 Å². The molecule has 82 valence electrons. The third kappa shape index (κ3) is 2.86. The predicted molar refractivity (Wildman–Crippen MR) is 60.5 cm³/mol. The molecule has 2 rings (SSSR count). The Hall–Kier alpha value is -0.740. The first-order valence-corrected chi connectivity index (χ1v) is 6.00. The average molecular weight is 227 g/mol. The van der Waals surface area contributed by atoms with Crippen LogP contribution in [0.4, 0.5) is 10.1 Å². The second-order valence-corrected chi connectivity index (χ2v) is 4.79. The summed E-state index contributed by atoms with van der Waals surface area (Å²) < 4.78 is 18.7. The van der Waals surface area contributed by atoms with Crippen LogP contribution in [0.5, 0.6) is 0 Å². The number of hydrogen-bond donors (Lipinski definition) is 1. The Labute approximate surface area is 93.0 Å². The van der Waals surface area contributed by atoms with Gasteiger partial charge in [0.15, 0.2) is 0 Å². The molecule has 4 heteroatoms. The van der Waals surface area contributed by atoms with Crippen molar-refractivity contribution in [2.24, 2.45) is 5.92 Å². The van der Waals surface area contributed by atoms with Gasteiger partial charge >= 0.3 is 0 Å². The quantitative estimate of drug-likeness (QED) is 0.636. The van der Waals surface area contributed by atoms with Gasteiger partial charge in [-0.15, -0.1) is 11.8 Å². The van der Waals surface area contributed by atoms with E-state index in [0.29, 0.717) is 16.5 Å². The van der Waals surface area contributed by atoms with Crippen molar-refractivity contribution in [1.29, 1.82) is 0 Å². The van der Waals surface area contributed by atoms with Crippen LogP contribution in [0, 0.1) is 11.7 Å². The SMILES string of the molecule is Nc1ccc(SCC2CCOC2)c(F)c1. The summed E-state index contributed by atoms with van der Waals surface area (Å²) in [6.07, 6.45) is 1.09. The van der Waals surface area contributed by atoms with Crippen LogP contribution in [0.1, 0.15) is 6.42 Å². The third-order valence-electron chi connectivity index (χ3n) is 2.45. The van der Waals surface area contributed by atoms with Crippen molar-refractivity contribution in [3.05, 3.63) is 24.0 Å². The number of nitrogen functional groups attached to an aromatic ring is 1. The maximum absolute atomic E-state index is 13.4. The highest BCUT2D eigenvalue weighted by atomic mass is 32.2. The number of anilines is 1. The first-order chi connectivity index (χ1) is 7.25. The van der Waals surface area contributed by atoms with E-state index in [4.69, 9.17) is 10.5 Å². The molecule has 1 aliphatic heterocycles. The molecular weight excluding hydrogens is 213 g/mol. The standard InChI is InChI=1S/C11H14FNOS/c12-10-5-9(13)1-2-11(10)15-7-8-3-4-14-6-8/h1-2,5,8H,3-4,6-7,13H2. The molecule has 1 aliphatic rings. The predicted octanol–water partition coefficient (Wildman–Crippen LogP) is 2.54. The zero-order valence-corrected chi connectivity index (χ0v) is 9.23. The molecule has 0 amide bonds. The lowest BCUT2D eigenvalue weighted by Gasteiger charge is -2.07. The number of rotatable bonds is 3. The normalized spacial score (nSPS) is 20.7. The minimum Gasteiger partial charge on any atom is -0.399 e. The molecule has 15 heavy (non-hydrogen) atoms. The smallest absolute Gasteiger partial charge is 0.138 e. The molecule has 1 fully saturated rings. The molecule has 1 aromatic rings. The van der Waals surface area contributed by atoms with Crippen LogP contribution in [0.3, 0.4) is 0 Å². The summed E-state index contributed by atoms with van der Waals surface area (Å²) in [4.78, 5) is 0.677. The summed E-state index contributed by atoms with van der Waals surface area (Å²) >= 11 is 1.54. The van der Waals surface area contributed by atoms with Crippen molar-refractivity contribution >= 4 is 17.4 Å². The fourth-order valence-corrected chi connectivity index (χ4v) is 2.60. The molecule has 1 aromatic carbocycles. The molecule has 0 bridgehead atoms. The van der Waals surface area contributed by atoms with Gasteiger partial charge in [-0.2, -0.15) is 0 Å². The van der Waals surface area contributed by atoms with E-state index in [0.717, 1.165) is 25.4 Å². The van der Waals surface area contributed by atoms with Gasteiger partial charge in [-0.3, -0.25) is 0 Å². The van der Waals surface area contributed by atoms with E-state index in [1.165, 1.54) is 6.07 Å². The molecular formula is C11H14FNOS. The molecule has 0 aromatic heterocycles. The van der Waals surface area contributed by atoms with E-state index in [1.54, 1.807) is 23.9 Å². The van der Waals surface area contributed by atoms with E-state index in [1.807, 2.05) is 0 Å². The van der Waals surface area contributed by atoms with Gasteiger partial charge in [0.2, 0.25) is 0 Å². The van der Waals surface area contributed by atoms with Crippen LogP contribution in [0.2, 0.25) is 0 Å². The van der Waals surface area contributed by atoms with Gasteiger partial charge in [0.05, 0.1) is 6.61 Å². The van der Waals surface area contributed by atoms with Crippen molar-refractivity contribution < 1.29 is 9.13 Å². The minimum atomic E-state index is -0.223. The van der Waals surface area contributed by atoms with E-state index >= 15 is 0 Å². The number of ether oxygens (including phenoxy) is 1. The maximum atomic E-state index is 13.4. The maximum Gasteiger partial charge on any atom is 0.138 e. The van der Waals surface area contributed by atoms with Crippen molar-refractivity contribution in [3.8, 4) is 0 Å². The van der Waals surface area contributed by atoms with Crippen LogP contribution in [-0.2, 0) is 4.74 Å². The van der Waals surface area contributed by atoms with Crippen molar-refractivity contribution in [2.75, 3.05) is 24.7 Å². The van der Waals surface area contributed by atoms with E-state index in [2.05, 4.69) is 0 Å². The van der Waals surface area contributed by atoms with Crippen LogP contribution in [0.15, 0.2) is 23.1 Å². The summed E-state index contributed by atoms with van der Waals surface area (Å²) in [6.45, 7) is 1.65. The lowest BCUT2D eigenvalue weighted by molar-refractivity contribution is 0.189. The monoisotopic (exact) mass is 227 g/mol. The second kappa shape index (κ2) is 4.86. The topological polar surface area (TPSA) is 35.2 Å². The molecule has 0 radical (unpaired) electrons.